The molecule has 140 valence electrons. The van der Waals surface area contributed by atoms with Crippen LogP contribution in [0.15, 0.2) is 48.5 Å². The predicted octanol–water partition coefficient (Wildman–Crippen LogP) is 1.89. The van der Waals surface area contributed by atoms with Gasteiger partial charge in [-0.2, -0.15) is 0 Å². The first-order valence-corrected chi connectivity index (χ1v) is 8.86. The zero-order valence-electron chi connectivity index (χ0n) is 15.0. The number of aliphatic hydroxyl groups is 1. The molecule has 3 aromatic rings. The molecule has 27 heavy (non-hydrogen) atoms. The molecule has 7 heteroatoms. The van der Waals surface area contributed by atoms with Crippen molar-refractivity contribution < 1.29 is 19.4 Å². The lowest BCUT2D eigenvalue weighted by Gasteiger charge is -2.29. The van der Waals surface area contributed by atoms with Gasteiger partial charge >= 0.3 is 0 Å². The SMILES string of the molecule is Cc1cc(OCCN2CC(O)OCC2=O)nn1-c1ccc2ccccc2c1. The van der Waals surface area contributed by atoms with Crippen molar-refractivity contribution in [2.45, 2.75) is 13.2 Å². The second-order valence-corrected chi connectivity index (χ2v) is 6.52. The molecule has 1 aliphatic rings. The van der Waals surface area contributed by atoms with Crippen molar-refractivity contribution in [2.24, 2.45) is 0 Å². The van der Waals surface area contributed by atoms with Gasteiger partial charge in [0.25, 0.3) is 0 Å². The summed E-state index contributed by atoms with van der Waals surface area (Å²) in [4.78, 5) is 13.3. The summed E-state index contributed by atoms with van der Waals surface area (Å²) in [5.41, 5.74) is 1.92. The average Bonchev–Trinajstić information content (AvgIpc) is 3.04. The molecule has 0 saturated carbocycles. The number of aliphatic hydroxyl groups excluding tert-OH is 1. The molecular weight excluding hydrogens is 346 g/mol. The molecule has 1 N–H and O–H groups in total. The van der Waals surface area contributed by atoms with Gasteiger partial charge in [-0.3, -0.25) is 4.79 Å². The Morgan fingerprint density at radius 1 is 1.22 bits per heavy atom. The molecule has 0 spiro atoms. The van der Waals surface area contributed by atoms with E-state index < -0.39 is 6.29 Å². The van der Waals surface area contributed by atoms with Crippen LogP contribution >= 0.6 is 0 Å². The van der Waals surface area contributed by atoms with Crippen LogP contribution in [0.3, 0.4) is 0 Å². The highest BCUT2D eigenvalue weighted by Crippen LogP contribution is 2.21. The van der Waals surface area contributed by atoms with E-state index in [-0.39, 0.29) is 19.1 Å². The Hall–Kier alpha value is -2.90. The number of rotatable bonds is 5. The minimum atomic E-state index is -0.933. The molecule has 1 aromatic heterocycles. The van der Waals surface area contributed by atoms with Gasteiger partial charge in [0.05, 0.1) is 18.8 Å². The molecule has 7 nitrogen and oxygen atoms in total. The van der Waals surface area contributed by atoms with E-state index in [0.29, 0.717) is 19.0 Å². The third-order valence-corrected chi connectivity index (χ3v) is 4.58. The van der Waals surface area contributed by atoms with E-state index in [1.807, 2.05) is 35.9 Å². The lowest BCUT2D eigenvalue weighted by Crippen LogP contribution is -2.47. The molecule has 2 heterocycles. The van der Waals surface area contributed by atoms with Crippen LogP contribution in [0.25, 0.3) is 16.5 Å². The fourth-order valence-corrected chi connectivity index (χ4v) is 3.16. The minimum Gasteiger partial charge on any atom is -0.475 e. The number of aromatic nitrogens is 2. The monoisotopic (exact) mass is 367 g/mol. The fourth-order valence-electron chi connectivity index (χ4n) is 3.16. The highest BCUT2D eigenvalue weighted by Gasteiger charge is 2.24. The van der Waals surface area contributed by atoms with Crippen LogP contribution in [0.1, 0.15) is 5.69 Å². The number of ether oxygens (including phenoxy) is 2. The maximum Gasteiger partial charge on any atom is 0.248 e. The van der Waals surface area contributed by atoms with Gasteiger partial charge in [0.1, 0.15) is 13.2 Å². The number of carbonyl (C=O) groups excluding carboxylic acids is 1. The quantitative estimate of drug-likeness (QED) is 0.745. The van der Waals surface area contributed by atoms with Crippen molar-refractivity contribution in [1.29, 1.82) is 0 Å². The van der Waals surface area contributed by atoms with Crippen molar-refractivity contribution in [2.75, 3.05) is 26.3 Å². The van der Waals surface area contributed by atoms with Crippen LogP contribution in [0.2, 0.25) is 0 Å². The summed E-state index contributed by atoms with van der Waals surface area (Å²) in [5.74, 6) is 0.351. The molecule has 0 bridgehead atoms. The van der Waals surface area contributed by atoms with Gasteiger partial charge < -0.3 is 19.5 Å². The van der Waals surface area contributed by atoms with Crippen LogP contribution in [-0.4, -0.2) is 58.3 Å². The molecule has 1 atom stereocenters. The summed E-state index contributed by atoms with van der Waals surface area (Å²) in [5, 5.41) is 16.3. The fraction of sp³-hybridized carbons (Fsp3) is 0.300. The number of aryl methyl sites for hydroxylation is 1. The van der Waals surface area contributed by atoms with Crippen LogP contribution in [0, 0.1) is 6.92 Å². The van der Waals surface area contributed by atoms with Crippen LogP contribution in [-0.2, 0) is 9.53 Å². The van der Waals surface area contributed by atoms with Gasteiger partial charge in [0.2, 0.25) is 11.8 Å². The third-order valence-electron chi connectivity index (χ3n) is 4.58. The van der Waals surface area contributed by atoms with Crippen LogP contribution in [0.4, 0.5) is 0 Å². The molecule has 4 rings (SSSR count). The van der Waals surface area contributed by atoms with Crippen LogP contribution in [0.5, 0.6) is 5.88 Å². The van der Waals surface area contributed by atoms with Crippen molar-refractivity contribution in [3.63, 3.8) is 0 Å². The Bertz CT molecular complexity index is 969. The number of hydrogen-bond acceptors (Lipinski definition) is 5. The van der Waals surface area contributed by atoms with E-state index >= 15 is 0 Å². The molecule has 0 aliphatic carbocycles. The molecule has 2 aromatic carbocycles. The largest absolute Gasteiger partial charge is 0.475 e. The number of hydrogen-bond donors (Lipinski definition) is 1. The van der Waals surface area contributed by atoms with E-state index in [4.69, 9.17) is 9.47 Å². The van der Waals surface area contributed by atoms with Gasteiger partial charge in [0, 0.05) is 11.8 Å². The predicted molar refractivity (Wildman–Crippen MR) is 99.8 cm³/mol. The molecule has 1 aliphatic heterocycles. The van der Waals surface area contributed by atoms with E-state index in [0.717, 1.165) is 16.8 Å². The Kier molecular flexibility index (Phi) is 4.79. The molecule has 1 amide bonds. The summed E-state index contributed by atoms with van der Waals surface area (Å²) < 4.78 is 12.4. The molecular formula is C20H21N3O4. The third kappa shape index (κ3) is 3.79. The highest BCUT2D eigenvalue weighted by atomic mass is 16.6. The first-order chi connectivity index (χ1) is 13.1. The van der Waals surface area contributed by atoms with E-state index in [2.05, 4.69) is 29.4 Å². The lowest BCUT2D eigenvalue weighted by molar-refractivity contribution is -0.175. The number of nitrogens with zero attached hydrogens (tertiary/aromatic N) is 3. The summed E-state index contributed by atoms with van der Waals surface area (Å²) in [7, 11) is 0. The van der Waals surface area contributed by atoms with Gasteiger partial charge in [-0.05, 0) is 29.8 Å². The van der Waals surface area contributed by atoms with Crippen molar-refractivity contribution in [3.05, 3.63) is 54.2 Å². The van der Waals surface area contributed by atoms with Gasteiger partial charge in [-0.25, -0.2) is 4.68 Å². The first-order valence-electron chi connectivity index (χ1n) is 8.86. The molecule has 1 unspecified atom stereocenters. The second kappa shape index (κ2) is 7.38. The summed E-state index contributed by atoms with van der Waals surface area (Å²) in [6, 6.07) is 16.2. The maximum atomic E-state index is 11.7. The summed E-state index contributed by atoms with van der Waals surface area (Å²) in [6.45, 7) is 2.70. The van der Waals surface area contributed by atoms with Gasteiger partial charge in [0.15, 0.2) is 6.29 Å². The topological polar surface area (TPSA) is 76.8 Å². The van der Waals surface area contributed by atoms with E-state index in [1.54, 1.807) is 0 Å². The van der Waals surface area contributed by atoms with Crippen molar-refractivity contribution in [3.8, 4) is 11.6 Å². The minimum absolute atomic E-state index is 0.100. The Labute approximate surface area is 156 Å². The summed E-state index contributed by atoms with van der Waals surface area (Å²) in [6.07, 6.45) is -0.933. The molecule has 1 saturated heterocycles. The lowest BCUT2D eigenvalue weighted by atomic mass is 10.1. The highest BCUT2D eigenvalue weighted by molar-refractivity contribution is 5.84. The van der Waals surface area contributed by atoms with E-state index in [1.165, 1.54) is 10.3 Å². The number of carbonyl (C=O) groups is 1. The molecule has 0 radical (unpaired) electrons. The Morgan fingerprint density at radius 2 is 2.04 bits per heavy atom. The standard InChI is InChI=1S/C20H21N3O4/c1-14-10-18(26-9-8-22-12-20(25)27-13-19(22)24)21-23(14)17-7-6-15-4-2-3-5-16(15)11-17/h2-7,10-11,20,25H,8-9,12-13H2,1H3. The smallest absolute Gasteiger partial charge is 0.248 e. The maximum absolute atomic E-state index is 11.7. The number of β-amino-alcohol motifs (C(OH)–C–C–N with tert-alkyl or cyclic N) is 1. The van der Waals surface area contributed by atoms with Crippen molar-refractivity contribution >= 4 is 16.7 Å². The summed E-state index contributed by atoms with van der Waals surface area (Å²) >= 11 is 0. The average molecular weight is 367 g/mol. The second-order valence-electron chi connectivity index (χ2n) is 6.52. The number of amides is 1. The van der Waals surface area contributed by atoms with Gasteiger partial charge in [-0.15, -0.1) is 5.10 Å². The zero-order chi connectivity index (χ0) is 18.8. The van der Waals surface area contributed by atoms with Crippen LogP contribution < -0.4 is 4.74 Å². The van der Waals surface area contributed by atoms with E-state index in [9.17, 15) is 9.90 Å². The zero-order valence-corrected chi connectivity index (χ0v) is 15.0. The van der Waals surface area contributed by atoms with Crippen molar-refractivity contribution in [1.82, 2.24) is 14.7 Å². The Morgan fingerprint density at radius 3 is 2.89 bits per heavy atom. The number of benzene rings is 2. The van der Waals surface area contributed by atoms with Gasteiger partial charge in [-0.1, -0.05) is 30.3 Å². The number of fused-ring (bicyclic) bond motifs is 1. The first kappa shape index (κ1) is 17.5. The Balaban J connectivity index is 1.44. The number of morpholine rings is 1. The normalized spacial score (nSPS) is 17.5. The molecule has 1 fully saturated rings.